The second-order valence-electron chi connectivity index (χ2n) is 6.85. The van der Waals surface area contributed by atoms with Crippen molar-refractivity contribution in [1.29, 1.82) is 0 Å². The van der Waals surface area contributed by atoms with Crippen molar-refractivity contribution in [2.24, 2.45) is 0 Å². The highest BCUT2D eigenvalue weighted by molar-refractivity contribution is 6.30. The van der Waals surface area contributed by atoms with Crippen molar-refractivity contribution in [3.63, 3.8) is 0 Å². The molecule has 0 aliphatic carbocycles. The van der Waals surface area contributed by atoms with Gasteiger partial charge in [-0.15, -0.1) is 6.58 Å². The van der Waals surface area contributed by atoms with Gasteiger partial charge in [0.2, 0.25) is 0 Å². The summed E-state index contributed by atoms with van der Waals surface area (Å²) in [6, 6.07) is 24.6. The van der Waals surface area contributed by atoms with E-state index in [1.807, 2.05) is 42.5 Å². The molecule has 0 saturated heterocycles. The number of hydrogen-bond acceptors (Lipinski definition) is 1. The fourth-order valence-electron chi connectivity index (χ4n) is 3.51. The molecule has 3 aromatic rings. The van der Waals surface area contributed by atoms with Crippen LogP contribution in [0.2, 0.25) is 5.02 Å². The van der Waals surface area contributed by atoms with E-state index in [9.17, 15) is 0 Å². The summed E-state index contributed by atoms with van der Waals surface area (Å²) in [6.45, 7) is 8.35. The number of halogens is 1. The highest BCUT2D eigenvalue weighted by atomic mass is 35.5. The minimum absolute atomic E-state index is 0.264. The summed E-state index contributed by atoms with van der Waals surface area (Å²) in [4.78, 5) is 0. The number of benzene rings is 3. The van der Waals surface area contributed by atoms with Crippen molar-refractivity contribution >= 4 is 17.2 Å². The molecule has 142 valence electrons. The minimum Gasteiger partial charge on any atom is -0.497 e. The second kappa shape index (κ2) is 9.43. The molecule has 2 heteroatoms. The third-order valence-electron chi connectivity index (χ3n) is 4.99. The zero-order chi connectivity index (χ0) is 19.9. The average Bonchev–Trinajstić information content (AvgIpc) is 2.74. The molecule has 1 atom stereocenters. The first kappa shape index (κ1) is 20.0. The van der Waals surface area contributed by atoms with Gasteiger partial charge in [-0.3, -0.25) is 0 Å². The lowest BCUT2D eigenvalue weighted by Crippen LogP contribution is -2.06. The lowest BCUT2D eigenvalue weighted by atomic mass is 9.83. The van der Waals surface area contributed by atoms with Gasteiger partial charge in [-0.2, -0.15) is 0 Å². The molecule has 0 aliphatic heterocycles. The van der Waals surface area contributed by atoms with Gasteiger partial charge in [-0.1, -0.05) is 72.8 Å². The molecular weight excluding hydrogens is 364 g/mol. The van der Waals surface area contributed by atoms with Crippen LogP contribution in [-0.2, 0) is 6.42 Å². The maximum atomic E-state index is 6.38. The lowest BCUT2D eigenvalue weighted by Gasteiger charge is -2.21. The van der Waals surface area contributed by atoms with Gasteiger partial charge < -0.3 is 4.74 Å². The summed E-state index contributed by atoms with van der Waals surface area (Å²) in [5.41, 5.74) is 5.72. The molecule has 1 nitrogen and oxygen atoms in total. The topological polar surface area (TPSA) is 9.23 Å². The molecule has 0 fully saturated rings. The Hall–Kier alpha value is -2.77. The Morgan fingerprint density at radius 1 is 1.04 bits per heavy atom. The Morgan fingerprint density at radius 3 is 2.39 bits per heavy atom. The Bertz CT molecular complexity index is 942. The average molecular weight is 389 g/mol. The molecule has 3 aromatic carbocycles. The van der Waals surface area contributed by atoms with Gasteiger partial charge in [0.15, 0.2) is 0 Å². The molecule has 28 heavy (non-hydrogen) atoms. The van der Waals surface area contributed by atoms with E-state index in [-0.39, 0.29) is 5.92 Å². The maximum Gasteiger partial charge on any atom is 0.118 e. The number of allylic oxidation sites excluding steroid dienone is 1. The molecule has 1 unspecified atom stereocenters. The molecule has 0 heterocycles. The van der Waals surface area contributed by atoms with Gasteiger partial charge >= 0.3 is 0 Å². The van der Waals surface area contributed by atoms with Crippen LogP contribution >= 0.6 is 11.6 Å². The first-order valence-corrected chi connectivity index (χ1v) is 9.78. The summed E-state index contributed by atoms with van der Waals surface area (Å²) >= 11 is 6.38. The molecule has 0 radical (unpaired) electrons. The summed E-state index contributed by atoms with van der Waals surface area (Å²) in [5.74, 6) is 1.13. The molecule has 0 spiro atoms. The molecule has 0 saturated carbocycles. The first-order valence-electron chi connectivity index (χ1n) is 9.40. The van der Waals surface area contributed by atoms with Crippen LogP contribution in [0.1, 0.15) is 34.6 Å². The first-order chi connectivity index (χ1) is 13.6. The Balaban J connectivity index is 1.98. The van der Waals surface area contributed by atoms with Crippen LogP contribution in [0.15, 0.2) is 92.0 Å². The zero-order valence-electron chi connectivity index (χ0n) is 16.2. The summed E-state index contributed by atoms with van der Waals surface area (Å²) in [5, 5.41) is 0.739. The second-order valence-corrected chi connectivity index (χ2v) is 7.29. The minimum atomic E-state index is 0.264. The van der Waals surface area contributed by atoms with Crippen molar-refractivity contribution in [2.45, 2.75) is 18.8 Å². The quantitative estimate of drug-likeness (QED) is 0.367. The highest BCUT2D eigenvalue weighted by Crippen LogP contribution is 2.35. The van der Waals surface area contributed by atoms with E-state index in [1.54, 1.807) is 7.11 Å². The summed E-state index contributed by atoms with van der Waals surface area (Å²) in [6.07, 6.45) is 3.73. The zero-order valence-corrected chi connectivity index (χ0v) is 17.0. The van der Waals surface area contributed by atoms with Crippen molar-refractivity contribution in [3.8, 4) is 5.75 Å². The molecule has 0 aliphatic rings. The Kier molecular flexibility index (Phi) is 6.73. The van der Waals surface area contributed by atoms with E-state index < -0.39 is 0 Å². The molecule has 0 amide bonds. The predicted octanol–water partition coefficient (Wildman–Crippen LogP) is 7.31. The van der Waals surface area contributed by atoms with Gasteiger partial charge in [-0.05, 0) is 70.9 Å². The van der Waals surface area contributed by atoms with Crippen molar-refractivity contribution < 1.29 is 4.74 Å². The van der Waals surface area contributed by atoms with E-state index in [2.05, 4.69) is 49.6 Å². The number of rotatable bonds is 8. The normalized spacial score (nSPS) is 11.6. The molecule has 3 rings (SSSR count). The molecule has 0 bridgehead atoms. The predicted molar refractivity (Wildman–Crippen MR) is 120 cm³/mol. The maximum absolute atomic E-state index is 6.38. The van der Waals surface area contributed by atoms with E-state index in [0.717, 1.165) is 40.3 Å². The largest absolute Gasteiger partial charge is 0.497 e. The van der Waals surface area contributed by atoms with Crippen molar-refractivity contribution in [1.82, 2.24) is 0 Å². The van der Waals surface area contributed by atoms with Crippen molar-refractivity contribution in [3.05, 3.63) is 119 Å². The van der Waals surface area contributed by atoms with Crippen LogP contribution in [0.4, 0.5) is 0 Å². The molecule has 0 N–H and O–H groups in total. The monoisotopic (exact) mass is 388 g/mol. The molecular formula is C26H25ClO. The van der Waals surface area contributed by atoms with Gasteiger partial charge in [-0.25, -0.2) is 0 Å². The van der Waals surface area contributed by atoms with Gasteiger partial charge in [0.1, 0.15) is 5.75 Å². The fraction of sp³-hybridized carbons (Fsp3) is 0.154. The van der Waals surface area contributed by atoms with Gasteiger partial charge in [0, 0.05) is 5.02 Å². The SMILES string of the molecule is C=CCC(Cc1ccc(OC)cc1)c1cc(Cl)ccc1C(=C)c1ccccc1. The fourth-order valence-corrected chi connectivity index (χ4v) is 3.69. The van der Waals surface area contributed by atoms with E-state index in [4.69, 9.17) is 16.3 Å². The third kappa shape index (κ3) is 4.74. The van der Waals surface area contributed by atoms with Crippen LogP contribution in [0.3, 0.4) is 0 Å². The van der Waals surface area contributed by atoms with Crippen LogP contribution in [0.25, 0.3) is 5.57 Å². The van der Waals surface area contributed by atoms with Gasteiger partial charge in [0.05, 0.1) is 7.11 Å². The highest BCUT2D eigenvalue weighted by Gasteiger charge is 2.18. The van der Waals surface area contributed by atoms with Crippen LogP contribution in [0.5, 0.6) is 5.75 Å². The van der Waals surface area contributed by atoms with Gasteiger partial charge in [0.25, 0.3) is 0 Å². The van der Waals surface area contributed by atoms with Crippen LogP contribution in [0, 0.1) is 0 Å². The van der Waals surface area contributed by atoms with Crippen molar-refractivity contribution in [2.75, 3.05) is 7.11 Å². The van der Waals surface area contributed by atoms with E-state index >= 15 is 0 Å². The Labute approximate surface area is 173 Å². The van der Waals surface area contributed by atoms with Crippen LogP contribution in [-0.4, -0.2) is 7.11 Å². The third-order valence-corrected chi connectivity index (χ3v) is 5.23. The molecule has 0 aromatic heterocycles. The summed E-state index contributed by atoms with van der Waals surface area (Å²) < 4.78 is 5.28. The summed E-state index contributed by atoms with van der Waals surface area (Å²) in [7, 11) is 1.68. The smallest absolute Gasteiger partial charge is 0.118 e. The van der Waals surface area contributed by atoms with E-state index in [0.29, 0.717) is 0 Å². The lowest BCUT2D eigenvalue weighted by molar-refractivity contribution is 0.414. The van der Waals surface area contributed by atoms with E-state index in [1.165, 1.54) is 11.1 Å². The van der Waals surface area contributed by atoms with Crippen LogP contribution < -0.4 is 4.74 Å². The standard InChI is InChI=1S/C26H25ClO/c1-4-8-22(17-20-11-14-24(28-3)15-12-20)26-18-23(27)13-16-25(26)19(2)21-9-6-5-7-10-21/h4-7,9-16,18,22H,1-2,8,17H2,3H3. The Morgan fingerprint density at radius 2 is 1.75 bits per heavy atom. The number of methoxy groups -OCH3 is 1. The number of hydrogen-bond donors (Lipinski definition) is 0. The number of ether oxygens (including phenoxy) is 1.